The molecule has 0 spiro atoms. The van der Waals surface area contributed by atoms with Crippen LogP contribution >= 0.6 is 22.9 Å². The smallest absolute Gasteiger partial charge is 0.326 e. The highest BCUT2D eigenvalue weighted by Crippen LogP contribution is 2.07. The zero-order valence-electron chi connectivity index (χ0n) is 27.6. The average Bonchev–Trinajstić information content (AvgIpc) is 3.02. The van der Waals surface area contributed by atoms with Crippen molar-refractivity contribution in [1.29, 1.82) is 0 Å². The van der Waals surface area contributed by atoms with Crippen molar-refractivity contribution >= 4 is 82.1 Å². The lowest BCUT2D eigenvalue weighted by Crippen LogP contribution is -2.45. The van der Waals surface area contributed by atoms with Crippen molar-refractivity contribution in [3.63, 3.8) is 0 Å². The molecule has 0 aliphatic carbocycles. The number of Topliss-reactive ketones (excluding diaryl/α,β-unsaturated/α-hetero) is 1. The van der Waals surface area contributed by atoms with Crippen LogP contribution in [-0.2, 0) is 47.9 Å². The van der Waals surface area contributed by atoms with Gasteiger partial charge in [-0.05, 0) is 51.9 Å². The predicted molar refractivity (Wildman–Crippen MR) is 179 cm³/mol. The standard InChI is InChI=1S/C29H45IN6O14/c1-15(37)17(36-30)5-3-4-14-31-22(39)10-6-19(27(45)46)33-24(41)12-8-21(29(49)50)35-25(42)13-9-20(28(47)48)34-23(40)11-7-18(26(43)44)32-16(2)38/h17-21,36H,3-14H2,1-2H3,(H,31,39)(H,32,38)(H,33,41)(H,34,40)(H,35,42)(H,43,44)(H,45,46)(H,47,48)(H,49,50)/t17-,18-,19-,20-,21-/m0/s1. The molecule has 5 amide bonds. The first-order chi connectivity index (χ1) is 23.4. The fourth-order valence-electron chi connectivity index (χ4n) is 4.30. The minimum Gasteiger partial charge on any atom is -0.480 e. The van der Waals surface area contributed by atoms with Crippen molar-refractivity contribution in [2.24, 2.45) is 0 Å². The zero-order valence-corrected chi connectivity index (χ0v) is 29.8. The van der Waals surface area contributed by atoms with E-state index >= 15 is 0 Å². The molecule has 0 aromatic heterocycles. The van der Waals surface area contributed by atoms with Gasteiger partial charge < -0.3 is 47.0 Å². The molecule has 282 valence electrons. The quantitative estimate of drug-likeness (QED) is 0.0258. The van der Waals surface area contributed by atoms with Crippen LogP contribution in [0.25, 0.3) is 0 Å². The van der Waals surface area contributed by atoms with E-state index in [1.807, 2.05) is 22.9 Å². The van der Waals surface area contributed by atoms with Crippen LogP contribution in [0, 0.1) is 0 Å². The number of nitrogens with one attached hydrogen (secondary N) is 6. The van der Waals surface area contributed by atoms with Crippen molar-refractivity contribution in [2.75, 3.05) is 6.54 Å². The minimum absolute atomic E-state index is 0.00531. The van der Waals surface area contributed by atoms with Gasteiger partial charge in [0.2, 0.25) is 29.5 Å². The Hall–Kier alpha value is -4.41. The van der Waals surface area contributed by atoms with Crippen LogP contribution in [0.5, 0.6) is 0 Å². The summed E-state index contributed by atoms with van der Waals surface area (Å²) >= 11 is 1.89. The molecule has 0 rings (SSSR count). The topological polar surface area (TPSA) is 324 Å². The molecule has 10 N–H and O–H groups in total. The van der Waals surface area contributed by atoms with Crippen LogP contribution < -0.4 is 30.1 Å². The Kier molecular flexibility index (Phi) is 22.5. The van der Waals surface area contributed by atoms with Gasteiger partial charge in [-0.25, -0.2) is 19.2 Å². The van der Waals surface area contributed by atoms with Gasteiger partial charge in [0.1, 0.15) is 30.0 Å². The summed E-state index contributed by atoms with van der Waals surface area (Å²) in [6.45, 7) is 2.85. The number of amides is 5. The van der Waals surface area contributed by atoms with E-state index in [2.05, 4.69) is 30.1 Å². The van der Waals surface area contributed by atoms with E-state index in [1.165, 1.54) is 6.92 Å². The molecule has 21 heteroatoms. The van der Waals surface area contributed by atoms with Gasteiger partial charge >= 0.3 is 23.9 Å². The number of halogens is 1. The number of rotatable bonds is 27. The molecule has 20 nitrogen and oxygen atoms in total. The van der Waals surface area contributed by atoms with Crippen LogP contribution in [0.1, 0.15) is 84.5 Å². The van der Waals surface area contributed by atoms with Gasteiger partial charge in [0, 0.05) is 62.0 Å². The first-order valence-electron chi connectivity index (χ1n) is 15.6. The number of hydrogen-bond donors (Lipinski definition) is 10. The summed E-state index contributed by atoms with van der Waals surface area (Å²) in [5.41, 5.74) is 0. The second-order valence-corrected chi connectivity index (χ2v) is 11.9. The molecule has 0 bridgehead atoms. The SMILES string of the molecule is CC(=O)N[C@@H](CCC(=O)N[C@@H](CCC(=O)N[C@@H](CCC(=O)N[C@@H](CCC(=O)NCCCC[C@H](NI)C(C)=O)C(=O)O)C(=O)O)C(=O)O)C(=O)O. The molecule has 50 heavy (non-hydrogen) atoms. The molecule has 0 saturated carbocycles. The Morgan fingerprint density at radius 3 is 1.12 bits per heavy atom. The molecule has 0 heterocycles. The van der Waals surface area contributed by atoms with Crippen molar-refractivity contribution in [3.05, 3.63) is 0 Å². The summed E-state index contributed by atoms with van der Waals surface area (Å²) in [5, 5.41) is 48.6. The van der Waals surface area contributed by atoms with Gasteiger partial charge in [-0.2, -0.15) is 0 Å². The lowest BCUT2D eigenvalue weighted by Gasteiger charge is -2.18. The molecule has 0 aliphatic heterocycles. The average molecular weight is 829 g/mol. The van der Waals surface area contributed by atoms with Crippen LogP contribution in [0.4, 0.5) is 0 Å². The molecule has 0 aromatic carbocycles. The minimum atomic E-state index is -1.61. The maximum atomic E-state index is 12.4. The summed E-state index contributed by atoms with van der Waals surface area (Å²) in [7, 11) is 0. The Morgan fingerprint density at radius 2 is 0.820 bits per heavy atom. The molecule has 5 atom stereocenters. The van der Waals surface area contributed by atoms with Crippen molar-refractivity contribution in [2.45, 2.75) is 115 Å². The summed E-state index contributed by atoms with van der Waals surface area (Å²) in [6, 6.07) is -6.34. The fraction of sp³-hybridized carbons (Fsp3) is 0.655. The van der Waals surface area contributed by atoms with E-state index in [1.54, 1.807) is 0 Å². The van der Waals surface area contributed by atoms with Crippen molar-refractivity contribution in [3.8, 4) is 0 Å². The molecular formula is C29H45IN6O14. The second kappa shape index (κ2) is 24.7. The highest BCUT2D eigenvalue weighted by Gasteiger charge is 2.27. The molecule has 0 fully saturated rings. The lowest BCUT2D eigenvalue weighted by atomic mass is 10.1. The zero-order chi connectivity index (χ0) is 38.4. The summed E-state index contributed by atoms with van der Waals surface area (Å²) in [5.74, 6) is -9.65. The highest BCUT2D eigenvalue weighted by molar-refractivity contribution is 14.1. The molecule has 0 radical (unpaired) electrons. The summed E-state index contributed by atoms with van der Waals surface area (Å²) in [4.78, 5) is 118. The first-order valence-corrected chi connectivity index (χ1v) is 16.6. The third kappa shape index (κ3) is 20.8. The van der Waals surface area contributed by atoms with E-state index in [0.717, 1.165) is 6.92 Å². The maximum absolute atomic E-state index is 12.4. The van der Waals surface area contributed by atoms with Gasteiger partial charge in [0.05, 0.1) is 6.04 Å². The molecule has 0 aliphatic rings. The summed E-state index contributed by atoms with van der Waals surface area (Å²) in [6.07, 6.45) is -1.48. The Bertz CT molecular complexity index is 1250. The third-order valence-electron chi connectivity index (χ3n) is 7.08. The molecule has 0 saturated heterocycles. The number of carboxylic acid groups (broad SMARTS) is 4. The Morgan fingerprint density at radius 1 is 0.480 bits per heavy atom. The number of carbonyl (C=O) groups is 10. The largest absolute Gasteiger partial charge is 0.480 e. The Labute approximate surface area is 301 Å². The molecule has 0 aromatic rings. The molecular weight excluding hydrogens is 783 g/mol. The van der Waals surface area contributed by atoms with Crippen molar-refractivity contribution < 1.29 is 68.4 Å². The lowest BCUT2D eigenvalue weighted by molar-refractivity contribution is -0.144. The van der Waals surface area contributed by atoms with Crippen LogP contribution in [0.15, 0.2) is 0 Å². The van der Waals surface area contributed by atoms with Crippen LogP contribution in [0.2, 0.25) is 0 Å². The van der Waals surface area contributed by atoms with Crippen LogP contribution in [-0.4, -0.2) is 116 Å². The monoisotopic (exact) mass is 828 g/mol. The van der Waals surface area contributed by atoms with E-state index in [0.29, 0.717) is 25.8 Å². The number of ketones is 1. The maximum Gasteiger partial charge on any atom is 0.326 e. The van der Waals surface area contributed by atoms with Gasteiger partial charge in [0.25, 0.3) is 0 Å². The number of unbranched alkanes of at least 4 members (excludes halogenated alkanes) is 1. The number of aliphatic carboxylic acids is 4. The van der Waals surface area contributed by atoms with Gasteiger partial charge in [-0.3, -0.25) is 32.3 Å². The van der Waals surface area contributed by atoms with E-state index in [9.17, 15) is 63.3 Å². The second-order valence-electron chi connectivity index (χ2n) is 11.2. The summed E-state index contributed by atoms with van der Waals surface area (Å²) < 4.78 is 2.86. The molecule has 0 unspecified atom stereocenters. The van der Waals surface area contributed by atoms with Gasteiger partial charge in [-0.15, -0.1) is 0 Å². The van der Waals surface area contributed by atoms with Crippen molar-refractivity contribution in [1.82, 2.24) is 30.1 Å². The number of hydrogen-bond acceptors (Lipinski definition) is 11. The van der Waals surface area contributed by atoms with Gasteiger partial charge in [0.15, 0.2) is 0 Å². The number of carbonyl (C=O) groups excluding carboxylic acids is 6. The van der Waals surface area contributed by atoms with Gasteiger partial charge in [-0.1, -0.05) is 0 Å². The van der Waals surface area contributed by atoms with E-state index in [-0.39, 0.29) is 31.1 Å². The predicted octanol–water partition coefficient (Wildman–Crippen LogP) is -1.41. The fourth-order valence-corrected chi connectivity index (χ4v) is 5.05. The normalized spacial score (nSPS) is 13.7. The van der Waals surface area contributed by atoms with Crippen LogP contribution in [0.3, 0.4) is 0 Å². The highest BCUT2D eigenvalue weighted by atomic mass is 127. The number of carboxylic acids is 4. The third-order valence-corrected chi connectivity index (χ3v) is 7.83. The van der Waals surface area contributed by atoms with E-state index in [4.69, 9.17) is 5.11 Å². The Balaban J connectivity index is 4.79. The van der Waals surface area contributed by atoms with E-state index < -0.39 is 110 Å². The first kappa shape index (κ1) is 45.6.